The Balaban J connectivity index is 1.86. The van der Waals surface area contributed by atoms with Crippen molar-refractivity contribution in [1.29, 1.82) is 5.26 Å². The lowest BCUT2D eigenvalue weighted by molar-refractivity contribution is 0.0761. The zero-order valence-corrected chi connectivity index (χ0v) is 12.8. The number of anilines is 1. The first-order chi connectivity index (χ1) is 10.3. The first kappa shape index (κ1) is 14.0. The SMILES string of the molecule is N#CC1CN(c2ccnc(-c3ccc(Br)cc3)n2)CCO1. The van der Waals surface area contributed by atoms with Crippen molar-refractivity contribution >= 4 is 21.7 Å². The Kier molecular flexibility index (Phi) is 4.13. The fourth-order valence-corrected chi connectivity index (χ4v) is 2.46. The van der Waals surface area contributed by atoms with Crippen LogP contribution in [-0.4, -0.2) is 35.8 Å². The molecule has 1 aromatic heterocycles. The third-order valence-electron chi connectivity index (χ3n) is 3.28. The minimum Gasteiger partial charge on any atom is -0.360 e. The maximum atomic E-state index is 8.98. The van der Waals surface area contributed by atoms with E-state index in [9.17, 15) is 0 Å². The van der Waals surface area contributed by atoms with E-state index in [2.05, 4.69) is 36.9 Å². The lowest BCUT2D eigenvalue weighted by Gasteiger charge is -2.30. The molecule has 0 spiro atoms. The normalized spacial score (nSPS) is 18.3. The van der Waals surface area contributed by atoms with Gasteiger partial charge in [0.1, 0.15) is 5.82 Å². The molecule has 1 fully saturated rings. The van der Waals surface area contributed by atoms with Crippen LogP contribution in [-0.2, 0) is 4.74 Å². The number of morpholine rings is 1. The van der Waals surface area contributed by atoms with Gasteiger partial charge in [-0.25, -0.2) is 9.97 Å². The zero-order chi connectivity index (χ0) is 14.7. The Morgan fingerprint density at radius 1 is 1.29 bits per heavy atom. The van der Waals surface area contributed by atoms with Gasteiger partial charge >= 0.3 is 0 Å². The van der Waals surface area contributed by atoms with Gasteiger partial charge in [-0.2, -0.15) is 5.26 Å². The molecule has 1 unspecified atom stereocenters. The number of hydrogen-bond donors (Lipinski definition) is 0. The molecule has 6 heteroatoms. The molecule has 106 valence electrons. The zero-order valence-electron chi connectivity index (χ0n) is 11.2. The second kappa shape index (κ2) is 6.20. The highest BCUT2D eigenvalue weighted by molar-refractivity contribution is 9.10. The molecule has 5 nitrogen and oxygen atoms in total. The molecule has 1 atom stereocenters. The number of ether oxygens (including phenoxy) is 1. The number of aromatic nitrogens is 2. The van der Waals surface area contributed by atoms with Crippen LogP contribution >= 0.6 is 15.9 Å². The van der Waals surface area contributed by atoms with E-state index in [1.807, 2.05) is 30.3 Å². The summed E-state index contributed by atoms with van der Waals surface area (Å²) >= 11 is 3.42. The van der Waals surface area contributed by atoms with Gasteiger partial charge in [0.15, 0.2) is 11.9 Å². The van der Waals surface area contributed by atoms with Crippen LogP contribution in [0, 0.1) is 11.3 Å². The van der Waals surface area contributed by atoms with Gasteiger partial charge in [0.05, 0.1) is 19.2 Å². The van der Waals surface area contributed by atoms with E-state index in [4.69, 9.17) is 10.00 Å². The molecule has 1 saturated heterocycles. The van der Waals surface area contributed by atoms with E-state index < -0.39 is 6.10 Å². The summed E-state index contributed by atoms with van der Waals surface area (Å²) in [5, 5.41) is 8.98. The summed E-state index contributed by atoms with van der Waals surface area (Å²) in [6.07, 6.45) is 1.35. The summed E-state index contributed by atoms with van der Waals surface area (Å²) in [5.41, 5.74) is 0.963. The highest BCUT2D eigenvalue weighted by atomic mass is 79.9. The molecule has 0 aliphatic carbocycles. The van der Waals surface area contributed by atoms with Gasteiger partial charge in [-0.1, -0.05) is 28.1 Å². The molecular weight excluding hydrogens is 332 g/mol. The van der Waals surface area contributed by atoms with Crippen molar-refractivity contribution in [1.82, 2.24) is 9.97 Å². The fourth-order valence-electron chi connectivity index (χ4n) is 2.20. The predicted molar refractivity (Wildman–Crippen MR) is 82.7 cm³/mol. The van der Waals surface area contributed by atoms with Gasteiger partial charge in [-0.05, 0) is 18.2 Å². The lowest BCUT2D eigenvalue weighted by atomic mass is 10.2. The van der Waals surface area contributed by atoms with Crippen LogP contribution in [0.3, 0.4) is 0 Å². The van der Waals surface area contributed by atoms with Gasteiger partial charge in [-0.15, -0.1) is 0 Å². The van der Waals surface area contributed by atoms with E-state index >= 15 is 0 Å². The van der Waals surface area contributed by atoms with Crippen molar-refractivity contribution in [3.05, 3.63) is 41.0 Å². The summed E-state index contributed by atoms with van der Waals surface area (Å²) < 4.78 is 6.38. The smallest absolute Gasteiger partial charge is 0.161 e. The maximum Gasteiger partial charge on any atom is 0.161 e. The predicted octanol–water partition coefficient (Wildman–Crippen LogP) is 2.63. The standard InChI is InChI=1S/C15H13BrN4O/c16-12-3-1-11(2-4-12)15-18-6-5-14(19-15)20-7-8-21-13(9-17)10-20/h1-6,13H,7-8,10H2. The third-order valence-corrected chi connectivity index (χ3v) is 3.81. The summed E-state index contributed by atoms with van der Waals surface area (Å²) in [5.74, 6) is 1.51. The molecular formula is C15H13BrN4O. The summed E-state index contributed by atoms with van der Waals surface area (Å²) in [6.45, 7) is 1.80. The topological polar surface area (TPSA) is 62.0 Å². The van der Waals surface area contributed by atoms with Crippen LogP contribution < -0.4 is 4.90 Å². The molecule has 2 aromatic rings. The van der Waals surface area contributed by atoms with E-state index in [0.717, 1.165) is 22.4 Å². The molecule has 2 heterocycles. The Bertz CT molecular complexity index is 668. The summed E-state index contributed by atoms with van der Waals surface area (Å²) in [4.78, 5) is 11.0. The monoisotopic (exact) mass is 344 g/mol. The van der Waals surface area contributed by atoms with Gasteiger partial charge < -0.3 is 9.64 Å². The molecule has 1 aliphatic heterocycles. The van der Waals surface area contributed by atoms with Crippen molar-refractivity contribution in [2.75, 3.05) is 24.6 Å². The Hall–Kier alpha value is -1.97. The molecule has 1 aromatic carbocycles. The quantitative estimate of drug-likeness (QED) is 0.837. The molecule has 3 rings (SSSR count). The number of nitrogens with zero attached hydrogens (tertiary/aromatic N) is 4. The van der Waals surface area contributed by atoms with Gasteiger partial charge in [-0.3, -0.25) is 0 Å². The third kappa shape index (κ3) is 3.20. The average molecular weight is 345 g/mol. The number of halogens is 1. The number of rotatable bonds is 2. The summed E-state index contributed by atoms with van der Waals surface area (Å²) in [6, 6.07) is 11.9. The van der Waals surface area contributed by atoms with Crippen LogP contribution in [0.15, 0.2) is 41.0 Å². The van der Waals surface area contributed by atoms with Gasteiger partial charge in [0, 0.05) is 22.8 Å². The van der Waals surface area contributed by atoms with E-state index in [1.165, 1.54) is 0 Å². The molecule has 0 bridgehead atoms. The Labute approximate surface area is 131 Å². The van der Waals surface area contributed by atoms with Crippen molar-refractivity contribution < 1.29 is 4.74 Å². The number of nitriles is 1. The van der Waals surface area contributed by atoms with Gasteiger partial charge in [0.25, 0.3) is 0 Å². The van der Waals surface area contributed by atoms with Crippen molar-refractivity contribution in [2.24, 2.45) is 0 Å². The lowest BCUT2D eigenvalue weighted by Crippen LogP contribution is -2.42. The van der Waals surface area contributed by atoms with Crippen molar-refractivity contribution in [2.45, 2.75) is 6.10 Å². The minimum absolute atomic E-state index is 0.398. The first-order valence-electron chi connectivity index (χ1n) is 6.61. The van der Waals surface area contributed by atoms with Gasteiger partial charge in [0.2, 0.25) is 0 Å². The maximum absolute atomic E-state index is 8.98. The minimum atomic E-state index is -0.398. The van der Waals surface area contributed by atoms with Crippen molar-refractivity contribution in [3.8, 4) is 17.5 Å². The fraction of sp³-hybridized carbons (Fsp3) is 0.267. The summed E-state index contributed by atoms with van der Waals surface area (Å²) in [7, 11) is 0. The Morgan fingerprint density at radius 2 is 2.10 bits per heavy atom. The number of benzene rings is 1. The molecule has 0 N–H and O–H groups in total. The second-order valence-electron chi connectivity index (χ2n) is 4.68. The first-order valence-corrected chi connectivity index (χ1v) is 7.41. The highest BCUT2D eigenvalue weighted by Crippen LogP contribution is 2.21. The van der Waals surface area contributed by atoms with Crippen LogP contribution in [0.5, 0.6) is 0 Å². The highest BCUT2D eigenvalue weighted by Gasteiger charge is 2.21. The molecule has 0 amide bonds. The molecule has 21 heavy (non-hydrogen) atoms. The van der Waals surface area contributed by atoms with Crippen LogP contribution in [0.1, 0.15) is 0 Å². The average Bonchev–Trinajstić information content (AvgIpc) is 2.56. The molecule has 0 radical (unpaired) electrons. The van der Waals surface area contributed by atoms with E-state index in [0.29, 0.717) is 19.0 Å². The molecule has 0 saturated carbocycles. The van der Waals surface area contributed by atoms with E-state index in [1.54, 1.807) is 6.20 Å². The van der Waals surface area contributed by atoms with Crippen molar-refractivity contribution in [3.63, 3.8) is 0 Å². The molecule has 1 aliphatic rings. The van der Waals surface area contributed by atoms with Crippen LogP contribution in [0.4, 0.5) is 5.82 Å². The largest absolute Gasteiger partial charge is 0.360 e. The number of hydrogen-bond acceptors (Lipinski definition) is 5. The second-order valence-corrected chi connectivity index (χ2v) is 5.60. The van der Waals surface area contributed by atoms with Crippen LogP contribution in [0.25, 0.3) is 11.4 Å². The Morgan fingerprint density at radius 3 is 2.86 bits per heavy atom. The van der Waals surface area contributed by atoms with E-state index in [-0.39, 0.29) is 0 Å². The van der Waals surface area contributed by atoms with Crippen LogP contribution in [0.2, 0.25) is 0 Å².